The molecule has 1 fully saturated rings. The Morgan fingerprint density at radius 2 is 1.81 bits per heavy atom. The number of carbonyl (C=O) groups excluding carboxylic acids is 2. The maximum absolute atomic E-state index is 13.7. The number of anilines is 2. The Morgan fingerprint density at radius 1 is 1.03 bits per heavy atom. The summed E-state index contributed by atoms with van der Waals surface area (Å²) in [6, 6.07) is 19.2. The van der Waals surface area contributed by atoms with E-state index in [1.165, 1.54) is 23.4 Å². The van der Waals surface area contributed by atoms with Crippen molar-refractivity contribution < 1.29 is 14.0 Å². The molecule has 6 heteroatoms. The second kappa shape index (κ2) is 9.69. The lowest BCUT2D eigenvalue weighted by molar-refractivity contribution is 0.0984. The highest BCUT2D eigenvalue weighted by molar-refractivity contribution is 6.08. The average molecular weight is 484 g/mol. The highest BCUT2D eigenvalue weighted by Crippen LogP contribution is 2.46. The zero-order valence-corrected chi connectivity index (χ0v) is 20.7. The zero-order valence-electron chi connectivity index (χ0n) is 20.7. The molecular weight excluding hydrogens is 453 g/mol. The molecule has 5 nitrogen and oxygen atoms in total. The molecule has 1 unspecified atom stereocenters. The lowest BCUT2D eigenvalue weighted by Gasteiger charge is -2.29. The van der Waals surface area contributed by atoms with Crippen LogP contribution in [0.1, 0.15) is 57.5 Å². The SMILES string of the molecule is CN=C1CCCC12CCN(C(=O)c1ccc(NC(=O)c3cc(F)ccc3C)cc1)c1ccccc1C2. The number of rotatable bonds is 3. The third-order valence-corrected chi connectivity index (χ3v) is 7.66. The van der Waals surface area contributed by atoms with Crippen LogP contribution in [0.5, 0.6) is 0 Å². The highest BCUT2D eigenvalue weighted by Gasteiger charge is 2.42. The number of halogens is 1. The Hall–Kier alpha value is -3.80. The van der Waals surface area contributed by atoms with E-state index in [0.29, 0.717) is 23.4 Å². The van der Waals surface area contributed by atoms with E-state index in [9.17, 15) is 14.0 Å². The van der Waals surface area contributed by atoms with E-state index in [1.54, 1.807) is 37.3 Å². The van der Waals surface area contributed by atoms with Gasteiger partial charge in [0.1, 0.15) is 5.82 Å². The van der Waals surface area contributed by atoms with Crippen LogP contribution in [-0.4, -0.2) is 31.1 Å². The van der Waals surface area contributed by atoms with Gasteiger partial charge in [-0.3, -0.25) is 14.6 Å². The van der Waals surface area contributed by atoms with E-state index in [-0.39, 0.29) is 22.8 Å². The molecule has 3 aromatic rings. The molecule has 1 aliphatic heterocycles. The lowest BCUT2D eigenvalue weighted by Crippen LogP contribution is -2.35. The molecule has 0 radical (unpaired) electrons. The number of hydrogen-bond donors (Lipinski definition) is 1. The van der Waals surface area contributed by atoms with Crippen LogP contribution in [0.15, 0.2) is 71.7 Å². The average Bonchev–Trinajstić information content (AvgIpc) is 3.20. The number of benzene rings is 3. The Bertz CT molecular complexity index is 1350. The minimum absolute atomic E-state index is 0.0308. The lowest BCUT2D eigenvalue weighted by atomic mass is 9.76. The molecule has 36 heavy (non-hydrogen) atoms. The van der Waals surface area contributed by atoms with Crippen LogP contribution >= 0.6 is 0 Å². The summed E-state index contributed by atoms with van der Waals surface area (Å²) in [5.41, 5.74) is 5.52. The monoisotopic (exact) mass is 483 g/mol. The van der Waals surface area contributed by atoms with Gasteiger partial charge in [0, 0.05) is 47.2 Å². The first-order valence-electron chi connectivity index (χ1n) is 12.4. The van der Waals surface area contributed by atoms with Crippen molar-refractivity contribution in [2.75, 3.05) is 23.8 Å². The molecule has 1 atom stereocenters. The first kappa shape index (κ1) is 23.9. The van der Waals surface area contributed by atoms with Crippen molar-refractivity contribution in [2.24, 2.45) is 10.4 Å². The van der Waals surface area contributed by atoms with Gasteiger partial charge >= 0.3 is 0 Å². The van der Waals surface area contributed by atoms with Gasteiger partial charge < -0.3 is 10.2 Å². The van der Waals surface area contributed by atoms with Gasteiger partial charge in [0.2, 0.25) is 0 Å². The van der Waals surface area contributed by atoms with Crippen molar-refractivity contribution >= 4 is 28.9 Å². The molecule has 1 spiro atoms. The summed E-state index contributed by atoms with van der Waals surface area (Å²) < 4.78 is 13.6. The van der Waals surface area contributed by atoms with Crippen LogP contribution in [0, 0.1) is 18.2 Å². The number of nitrogens with one attached hydrogen (secondary N) is 1. The van der Waals surface area contributed by atoms with Gasteiger partial charge in [0.15, 0.2) is 0 Å². The van der Waals surface area contributed by atoms with E-state index in [4.69, 9.17) is 0 Å². The van der Waals surface area contributed by atoms with Crippen molar-refractivity contribution in [1.29, 1.82) is 0 Å². The van der Waals surface area contributed by atoms with Gasteiger partial charge in [-0.25, -0.2) is 4.39 Å². The second-order valence-electron chi connectivity index (χ2n) is 9.81. The Morgan fingerprint density at radius 3 is 2.58 bits per heavy atom. The maximum atomic E-state index is 13.7. The number of carbonyl (C=O) groups is 2. The molecule has 1 N–H and O–H groups in total. The third kappa shape index (κ3) is 4.43. The predicted molar refractivity (Wildman–Crippen MR) is 142 cm³/mol. The fourth-order valence-corrected chi connectivity index (χ4v) is 5.74. The van der Waals surface area contributed by atoms with Crippen molar-refractivity contribution in [2.45, 2.75) is 39.0 Å². The summed E-state index contributed by atoms with van der Waals surface area (Å²) in [6.07, 6.45) is 5.08. The molecule has 5 rings (SSSR count). The summed E-state index contributed by atoms with van der Waals surface area (Å²) in [6.45, 7) is 2.40. The van der Waals surface area contributed by atoms with E-state index in [1.807, 2.05) is 30.1 Å². The quantitative estimate of drug-likeness (QED) is 0.481. The number of fused-ring (bicyclic) bond motifs is 1. The maximum Gasteiger partial charge on any atom is 0.258 e. The molecule has 2 aliphatic rings. The number of aliphatic imine (C=N–C) groups is 1. The van der Waals surface area contributed by atoms with E-state index < -0.39 is 5.82 Å². The minimum Gasteiger partial charge on any atom is -0.322 e. The Kier molecular flexibility index (Phi) is 6.44. The number of hydrogen-bond acceptors (Lipinski definition) is 3. The van der Waals surface area contributed by atoms with Gasteiger partial charge in [-0.05, 0) is 92.6 Å². The Balaban J connectivity index is 1.37. The van der Waals surface area contributed by atoms with Crippen LogP contribution in [0.4, 0.5) is 15.8 Å². The van der Waals surface area contributed by atoms with Gasteiger partial charge in [-0.1, -0.05) is 24.3 Å². The van der Waals surface area contributed by atoms with Crippen molar-refractivity contribution in [3.8, 4) is 0 Å². The van der Waals surface area contributed by atoms with Gasteiger partial charge in [0.05, 0.1) is 0 Å². The molecule has 0 saturated heterocycles. The number of para-hydroxylation sites is 1. The van der Waals surface area contributed by atoms with Crippen molar-refractivity contribution in [3.63, 3.8) is 0 Å². The molecule has 0 aromatic heterocycles. The van der Waals surface area contributed by atoms with Gasteiger partial charge in [-0.2, -0.15) is 0 Å². The standard InChI is InChI=1S/C30H30FN3O2/c1-20-9-12-23(31)18-25(20)28(35)33-24-13-10-21(11-14-24)29(36)34-17-16-30(15-5-8-27(30)32-2)19-22-6-3-4-7-26(22)34/h3-4,6-7,9-14,18H,5,8,15-17,19H2,1-2H3,(H,33,35). The van der Waals surface area contributed by atoms with E-state index in [0.717, 1.165) is 37.8 Å². The molecule has 1 saturated carbocycles. The topological polar surface area (TPSA) is 61.8 Å². The van der Waals surface area contributed by atoms with Crippen LogP contribution < -0.4 is 10.2 Å². The minimum atomic E-state index is -0.457. The first-order chi connectivity index (χ1) is 17.4. The summed E-state index contributed by atoms with van der Waals surface area (Å²) in [4.78, 5) is 32.8. The molecule has 2 amide bonds. The number of amides is 2. The van der Waals surface area contributed by atoms with Crippen molar-refractivity contribution in [1.82, 2.24) is 0 Å². The normalized spacial score (nSPS) is 20.3. The van der Waals surface area contributed by atoms with Crippen LogP contribution in [0.3, 0.4) is 0 Å². The number of aryl methyl sites for hydroxylation is 1. The summed E-state index contributed by atoms with van der Waals surface area (Å²) in [5, 5.41) is 2.80. The predicted octanol–water partition coefficient (Wildman–Crippen LogP) is 6.22. The summed E-state index contributed by atoms with van der Waals surface area (Å²) >= 11 is 0. The molecule has 3 aromatic carbocycles. The molecule has 0 bridgehead atoms. The summed E-state index contributed by atoms with van der Waals surface area (Å²) in [7, 11) is 1.89. The molecule has 1 heterocycles. The molecule has 1 aliphatic carbocycles. The number of nitrogens with zero attached hydrogens (tertiary/aromatic N) is 2. The van der Waals surface area contributed by atoms with Gasteiger partial charge in [-0.15, -0.1) is 0 Å². The fourth-order valence-electron chi connectivity index (χ4n) is 5.74. The fraction of sp³-hybridized carbons (Fsp3) is 0.300. The Labute approximate surface area is 211 Å². The van der Waals surface area contributed by atoms with Crippen LogP contribution in [0.25, 0.3) is 0 Å². The smallest absolute Gasteiger partial charge is 0.258 e. The van der Waals surface area contributed by atoms with E-state index in [2.05, 4.69) is 16.4 Å². The van der Waals surface area contributed by atoms with Crippen LogP contribution in [0.2, 0.25) is 0 Å². The highest BCUT2D eigenvalue weighted by atomic mass is 19.1. The second-order valence-corrected chi connectivity index (χ2v) is 9.81. The van der Waals surface area contributed by atoms with Crippen molar-refractivity contribution in [3.05, 3.63) is 94.8 Å². The first-order valence-corrected chi connectivity index (χ1v) is 12.4. The van der Waals surface area contributed by atoms with Gasteiger partial charge in [0.25, 0.3) is 11.8 Å². The largest absolute Gasteiger partial charge is 0.322 e. The summed E-state index contributed by atoms with van der Waals surface area (Å²) in [5.74, 6) is -0.907. The zero-order chi connectivity index (χ0) is 25.3. The molecule has 184 valence electrons. The van der Waals surface area contributed by atoms with E-state index >= 15 is 0 Å². The van der Waals surface area contributed by atoms with Crippen LogP contribution in [-0.2, 0) is 6.42 Å². The third-order valence-electron chi connectivity index (χ3n) is 7.66. The molecular formula is C30H30FN3O2.